The number of unbranched alkanes of at least 4 members (excludes halogenated alkanes) is 22. The van der Waals surface area contributed by atoms with Crippen molar-refractivity contribution in [2.24, 2.45) is 5.92 Å². The van der Waals surface area contributed by atoms with Crippen molar-refractivity contribution >= 4 is 11.6 Å². The van der Waals surface area contributed by atoms with Crippen molar-refractivity contribution in [3.8, 4) is 0 Å². The molecule has 0 aromatic heterocycles. The zero-order chi connectivity index (χ0) is 24.0. The summed E-state index contributed by atoms with van der Waals surface area (Å²) in [5.41, 5.74) is 0. The first-order valence-electron chi connectivity index (χ1n) is 15.2. The maximum atomic E-state index is 5.38. The predicted molar refractivity (Wildman–Crippen MR) is 152 cm³/mol. The number of hydrogen-bond acceptors (Lipinski definition) is 0. The van der Waals surface area contributed by atoms with Gasteiger partial charge in [0.15, 0.2) is 0 Å². The molecule has 0 aliphatic heterocycles. The average Bonchev–Trinajstić information content (AvgIpc) is 2.79. The largest absolute Gasteiger partial charge is 0.127 e. The van der Waals surface area contributed by atoms with Crippen LogP contribution in [0.25, 0.3) is 0 Å². The van der Waals surface area contributed by atoms with Gasteiger partial charge < -0.3 is 0 Å². The Morgan fingerprint density at radius 3 is 0.844 bits per heavy atom. The van der Waals surface area contributed by atoms with E-state index in [0.717, 1.165) is 11.8 Å². The van der Waals surface area contributed by atoms with E-state index < -0.39 is 0 Å². The minimum absolute atomic E-state index is 0.827. The van der Waals surface area contributed by atoms with Crippen LogP contribution in [-0.2, 0) is 0 Å². The Labute approximate surface area is 211 Å². The predicted octanol–water partition coefficient (Wildman–Crippen LogP) is 12.7. The van der Waals surface area contributed by atoms with E-state index in [1.165, 1.54) is 161 Å². The van der Waals surface area contributed by atoms with Gasteiger partial charge in [-0.05, 0) is 12.3 Å². The van der Waals surface area contributed by atoms with Gasteiger partial charge in [0.1, 0.15) is 0 Å². The molecule has 32 heavy (non-hydrogen) atoms. The van der Waals surface area contributed by atoms with Crippen molar-refractivity contribution in [1.82, 2.24) is 0 Å². The third-order valence-corrected chi connectivity index (χ3v) is 6.89. The molecule has 0 aromatic rings. The van der Waals surface area contributed by atoms with Crippen LogP contribution in [0.2, 0.25) is 0 Å². The fourth-order valence-electron chi connectivity index (χ4n) is 4.33. The lowest BCUT2D eigenvalue weighted by Gasteiger charge is -2.05. The molecule has 0 N–H and O–H groups in total. The molecule has 0 fully saturated rings. The Morgan fingerprint density at radius 2 is 0.625 bits per heavy atom. The van der Waals surface area contributed by atoms with E-state index in [1.54, 1.807) is 0 Å². The molecule has 0 nitrogen and oxygen atoms in total. The molecule has 0 atom stereocenters. The molecule has 0 rings (SSSR count). The molecule has 0 saturated carbocycles. The highest BCUT2D eigenvalue weighted by atomic mass is 35.5. The fraction of sp³-hybridized carbons (Fsp3) is 1.00. The topological polar surface area (TPSA) is 0 Å². The average molecular weight is 473 g/mol. The van der Waals surface area contributed by atoms with Gasteiger partial charge in [0, 0.05) is 5.88 Å². The Balaban J connectivity index is 0. The molecule has 0 aliphatic rings. The minimum Gasteiger partial charge on any atom is -0.127 e. The Kier molecular flexibility index (Phi) is 36.0. The maximum Gasteiger partial charge on any atom is 0.0223 e. The Morgan fingerprint density at radius 1 is 0.375 bits per heavy atom. The molecule has 0 aliphatic carbocycles. The molecule has 0 bridgehead atoms. The monoisotopic (exact) mass is 472 g/mol. The zero-order valence-corrected chi connectivity index (χ0v) is 24.1. The highest BCUT2D eigenvalue weighted by Crippen LogP contribution is 2.15. The molecular formula is C31H65Cl. The highest BCUT2D eigenvalue weighted by molar-refractivity contribution is 6.17. The molecular weight excluding hydrogens is 408 g/mol. The van der Waals surface area contributed by atoms with Crippen molar-refractivity contribution in [1.29, 1.82) is 0 Å². The molecule has 0 amide bonds. The van der Waals surface area contributed by atoms with Crippen molar-refractivity contribution < 1.29 is 0 Å². The fourth-order valence-corrected chi connectivity index (χ4v) is 4.52. The zero-order valence-electron chi connectivity index (χ0n) is 23.3. The first-order valence-corrected chi connectivity index (χ1v) is 15.8. The minimum atomic E-state index is 0.827. The van der Waals surface area contributed by atoms with Crippen molar-refractivity contribution in [2.45, 2.75) is 188 Å². The van der Waals surface area contributed by atoms with E-state index in [4.69, 9.17) is 11.6 Å². The van der Waals surface area contributed by atoms with Crippen molar-refractivity contribution in [3.63, 3.8) is 0 Å². The van der Waals surface area contributed by atoms with E-state index in [0.29, 0.717) is 0 Å². The SMILES string of the molecule is CCCCCCCCCCCCCCCCCCCCCCCC(C)C.CCCCCCl. The van der Waals surface area contributed by atoms with Crippen molar-refractivity contribution in [2.75, 3.05) is 5.88 Å². The van der Waals surface area contributed by atoms with Gasteiger partial charge in [-0.2, -0.15) is 0 Å². The van der Waals surface area contributed by atoms with Gasteiger partial charge in [0.2, 0.25) is 0 Å². The smallest absolute Gasteiger partial charge is 0.0223 e. The van der Waals surface area contributed by atoms with E-state index in [-0.39, 0.29) is 0 Å². The molecule has 196 valence electrons. The molecule has 0 radical (unpaired) electrons. The van der Waals surface area contributed by atoms with Crippen LogP contribution in [0.5, 0.6) is 0 Å². The van der Waals surface area contributed by atoms with Gasteiger partial charge in [-0.1, -0.05) is 182 Å². The lowest BCUT2D eigenvalue weighted by atomic mass is 10.0. The van der Waals surface area contributed by atoms with Gasteiger partial charge in [0.05, 0.1) is 0 Å². The van der Waals surface area contributed by atoms with Crippen LogP contribution in [-0.4, -0.2) is 5.88 Å². The maximum absolute atomic E-state index is 5.38. The van der Waals surface area contributed by atoms with Gasteiger partial charge >= 0.3 is 0 Å². The van der Waals surface area contributed by atoms with Crippen LogP contribution < -0.4 is 0 Å². The summed E-state index contributed by atoms with van der Waals surface area (Å²) in [5, 5.41) is 0. The third-order valence-electron chi connectivity index (χ3n) is 6.62. The van der Waals surface area contributed by atoms with Gasteiger partial charge in [-0.15, -0.1) is 11.6 Å². The van der Waals surface area contributed by atoms with Crippen LogP contribution >= 0.6 is 11.6 Å². The van der Waals surface area contributed by atoms with Crippen molar-refractivity contribution in [3.05, 3.63) is 0 Å². The Hall–Kier alpha value is 0.290. The third kappa shape index (κ3) is 37.6. The van der Waals surface area contributed by atoms with Gasteiger partial charge in [0.25, 0.3) is 0 Å². The van der Waals surface area contributed by atoms with Crippen LogP contribution in [0.4, 0.5) is 0 Å². The molecule has 0 heterocycles. The summed E-state index contributed by atoms with van der Waals surface area (Å²) in [4.78, 5) is 0. The van der Waals surface area contributed by atoms with E-state index >= 15 is 0 Å². The molecule has 0 unspecified atom stereocenters. The summed E-state index contributed by atoms with van der Waals surface area (Å²) in [5.74, 6) is 1.73. The molecule has 1 heteroatoms. The standard InChI is InChI=1S/C26H54.C5H11Cl/c1-4-5-6-7-8-9-10-11-12-13-14-15-16-17-18-19-20-21-22-23-24-25-26(2)3;1-2-3-4-5-6/h26H,4-25H2,1-3H3;2-5H2,1H3. The van der Waals surface area contributed by atoms with Gasteiger partial charge in [-0.25, -0.2) is 0 Å². The first kappa shape index (κ1) is 34.5. The second-order valence-electron chi connectivity index (χ2n) is 10.6. The van der Waals surface area contributed by atoms with Crippen LogP contribution in [0.1, 0.15) is 188 Å². The second-order valence-corrected chi connectivity index (χ2v) is 11.0. The molecule has 0 saturated heterocycles. The number of halogens is 1. The molecule has 0 aromatic carbocycles. The van der Waals surface area contributed by atoms with E-state index in [2.05, 4.69) is 27.7 Å². The summed E-state index contributed by atoms with van der Waals surface area (Å²) in [6.45, 7) is 9.16. The number of alkyl halides is 1. The lowest BCUT2D eigenvalue weighted by molar-refractivity contribution is 0.501. The lowest BCUT2D eigenvalue weighted by Crippen LogP contribution is -1.87. The highest BCUT2D eigenvalue weighted by Gasteiger charge is 1.96. The first-order chi connectivity index (χ1) is 15.7. The van der Waals surface area contributed by atoms with Crippen LogP contribution in [0.15, 0.2) is 0 Å². The normalized spacial score (nSPS) is 11.1. The van der Waals surface area contributed by atoms with Crippen LogP contribution in [0.3, 0.4) is 0 Å². The Bertz CT molecular complexity index is 282. The second kappa shape index (κ2) is 33.5. The number of hydrogen-bond donors (Lipinski definition) is 0. The molecule has 0 spiro atoms. The van der Waals surface area contributed by atoms with Crippen LogP contribution in [0, 0.1) is 5.92 Å². The number of rotatable bonds is 25. The summed E-state index contributed by atoms with van der Waals surface area (Å²) in [6, 6.07) is 0. The summed E-state index contributed by atoms with van der Waals surface area (Å²) in [7, 11) is 0. The van der Waals surface area contributed by atoms with E-state index in [1.807, 2.05) is 0 Å². The summed E-state index contributed by atoms with van der Waals surface area (Å²) in [6.07, 6.45) is 36.2. The van der Waals surface area contributed by atoms with E-state index in [9.17, 15) is 0 Å². The summed E-state index contributed by atoms with van der Waals surface area (Å²) >= 11 is 5.38. The summed E-state index contributed by atoms with van der Waals surface area (Å²) < 4.78 is 0. The quantitative estimate of drug-likeness (QED) is 0.0914. The van der Waals surface area contributed by atoms with Gasteiger partial charge in [-0.3, -0.25) is 0 Å².